The van der Waals surface area contributed by atoms with Crippen molar-refractivity contribution in [2.45, 2.75) is 12.6 Å². The van der Waals surface area contributed by atoms with Crippen molar-refractivity contribution in [1.82, 2.24) is 5.32 Å². The quantitative estimate of drug-likeness (QED) is 0.825. The fourth-order valence-electron chi connectivity index (χ4n) is 2.56. The van der Waals surface area contributed by atoms with E-state index in [0.29, 0.717) is 28.3 Å². The third-order valence-electron chi connectivity index (χ3n) is 3.73. The van der Waals surface area contributed by atoms with Crippen molar-refractivity contribution >= 4 is 34.7 Å². The molecule has 25 heavy (non-hydrogen) atoms. The number of alkyl halides is 3. The highest BCUT2D eigenvalue weighted by molar-refractivity contribution is 6.31. The molecule has 0 saturated carbocycles. The average molecular weight is 368 g/mol. The van der Waals surface area contributed by atoms with E-state index in [2.05, 4.69) is 15.6 Å². The first-order chi connectivity index (χ1) is 11.8. The summed E-state index contributed by atoms with van der Waals surface area (Å²) in [6, 6.07) is 8.98. The van der Waals surface area contributed by atoms with E-state index in [1.165, 1.54) is 13.1 Å². The van der Waals surface area contributed by atoms with Gasteiger partial charge in [-0.3, -0.25) is 4.79 Å². The predicted molar refractivity (Wildman–Crippen MR) is 90.7 cm³/mol. The number of carbonyl (C=O) groups excluding carboxylic acids is 1. The van der Waals surface area contributed by atoms with E-state index in [-0.39, 0.29) is 17.4 Å². The molecule has 1 aliphatic heterocycles. The number of nitrogens with one attached hydrogen (secondary N) is 2. The number of fused-ring (bicyclic) bond motifs is 1. The van der Waals surface area contributed by atoms with Crippen LogP contribution < -0.4 is 10.6 Å². The molecule has 1 amide bonds. The third kappa shape index (κ3) is 3.61. The minimum Gasteiger partial charge on any atom is -0.355 e. The van der Waals surface area contributed by atoms with Crippen LogP contribution in [0.2, 0.25) is 5.02 Å². The van der Waals surface area contributed by atoms with Crippen molar-refractivity contribution in [2.75, 3.05) is 12.4 Å². The van der Waals surface area contributed by atoms with Crippen molar-refractivity contribution in [3.05, 3.63) is 58.1 Å². The summed E-state index contributed by atoms with van der Waals surface area (Å²) in [4.78, 5) is 15.9. The molecule has 2 N–H and O–H groups in total. The van der Waals surface area contributed by atoms with Crippen LogP contribution in [-0.4, -0.2) is 18.8 Å². The largest absolute Gasteiger partial charge is 0.417 e. The van der Waals surface area contributed by atoms with Gasteiger partial charge in [-0.25, -0.2) is 4.99 Å². The zero-order chi connectivity index (χ0) is 18.2. The summed E-state index contributed by atoms with van der Waals surface area (Å²) >= 11 is 5.72. The zero-order valence-corrected chi connectivity index (χ0v) is 13.8. The first-order valence-corrected chi connectivity index (χ1v) is 7.72. The van der Waals surface area contributed by atoms with Gasteiger partial charge in [0.2, 0.25) is 0 Å². The minimum atomic E-state index is -4.51. The Kier molecular flexibility index (Phi) is 4.43. The van der Waals surface area contributed by atoms with Crippen LogP contribution in [-0.2, 0) is 12.6 Å². The molecule has 0 atom stereocenters. The lowest BCUT2D eigenvalue weighted by Gasteiger charge is -2.10. The Morgan fingerprint density at radius 2 is 2.00 bits per heavy atom. The first kappa shape index (κ1) is 17.3. The normalized spacial score (nSPS) is 13.2. The number of hydrogen-bond donors (Lipinski definition) is 2. The lowest BCUT2D eigenvalue weighted by atomic mass is 10.1. The van der Waals surface area contributed by atoms with Crippen LogP contribution in [0.1, 0.15) is 21.5 Å². The third-order valence-corrected chi connectivity index (χ3v) is 4.04. The number of benzene rings is 2. The van der Waals surface area contributed by atoms with Crippen molar-refractivity contribution < 1.29 is 18.0 Å². The van der Waals surface area contributed by atoms with Crippen LogP contribution in [0, 0.1) is 0 Å². The number of rotatable bonds is 2. The van der Waals surface area contributed by atoms with Crippen LogP contribution >= 0.6 is 11.6 Å². The SMILES string of the molecule is CNC(=O)c1cccc(NC2=Nc3cc(Cl)c(C(F)(F)F)cc3C2)c1. The van der Waals surface area contributed by atoms with E-state index in [9.17, 15) is 18.0 Å². The number of anilines is 1. The molecule has 8 heteroatoms. The molecular formula is C17H13ClF3N3O. The fourth-order valence-corrected chi connectivity index (χ4v) is 2.82. The molecule has 0 spiro atoms. The Morgan fingerprint density at radius 1 is 1.24 bits per heavy atom. The highest BCUT2D eigenvalue weighted by Gasteiger charge is 2.34. The number of aliphatic imine (C=N–C) groups is 1. The highest BCUT2D eigenvalue weighted by Crippen LogP contribution is 2.40. The zero-order valence-electron chi connectivity index (χ0n) is 13.0. The van der Waals surface area contributed by atoms with Gasteiger partial charge >= 0.3 is 6.18 Å². The molecule has 0 aliphatic carbocycles. The Bertz CT molecular complexity index is 878. The molecule has 0 aromatic heterocycles. The van der Waals surface area contributed by atoms with Crippen molar-refractivity contribution in [2.24, 2.45) is 4.99 Å². The Labute approximate surface area is 146 Å². The molecule has 0 saturated heterocycles. The lowest BCUT2D eigenvalue weighted by Crippen LogP contribution is -2.18. The maximum absolute atomic E-state index is 12.9. The standard InChI is InChI=1S/C17H13ClF3N3O/c1-22-16(25)9-3-2-4-11(5-9)23-15-7-10-6-12(17(19,20)21)13(18)8-14(10)24-15/h2-6,8H,7H2,1H3,(H,22,25)(H,23,24). The Hall–Kier alpha value is -2.54. The van der Waals surface area contributed by atoms with E-state index in [0.717, 1.165) is 6.07 Å². The molecule has 1 aliphatic rings. The Morgan fingerprint density at radius 3 is 2.68 bits per heavy atom. The van der Waals surface area contributed by atoms with Gasteiger partial charge in [-0.15, -0.1) is 0 Å². The molecule has 2 aromatic carbocycles. The Balaban J connectivity index is 1.82. The van der Waals surface area contributed by atoms with Gasteiger partial charge in [0, 0.05) is 24.7 Å². The first-order valence-electron chi connectivity index (χ1n) is 7.34. The molecule has 0 radical (unpaired) electrons. The summed E-state index contributed by atoms with van der Waals surface area (Å²) in [6.07, 6.45) is -4.29. The van der Waals surface area contributed by atoms with E-state index in [1.807, 2.05) is 0 Å². The summed E-state index contributed by atoms with van der Waals surface area (Å²) in [5, 5.41) is 5.18. The van der Waals surface area contributed by atoms with Crippen molar-refractivity contribution in [3.8, 4) is 0 Å². The van der Waals surface area contributed by atoms with Crippen molar-refractivity contribution in [1.29, 1.82) is 0 Å². The fraction of sp³-hybridized carbons (Fsp3) is 0.176. The van der Waals surface area contributed by atoms with Gasteiger partial charge < -0.3 is 10.6 Å². The monoisotopic (exact) mass is 367 g/mol. The number of carbonyl (C=O) groups is 1. The van der Waals surface area contributed by atoms with Crippen LogP contribution in [0.5, 0.6) is 0 Å². The van der Waals surface area contributed by atoms with Gasteiger partial charge in [0.1, 0.15) is 5.84 Å². The summed E-state index contributed by atoms with van der Waals surface area (Å²) < 4.78 is 38.8. The summed E-state index contributed by atoms with van der Waals surface area (Å²) in [6.45, 7) is 0. The van der Waals surface area contributed by atoms with Gasteiger partial charge in [0.15, 0.2) is 0 Å². The summed E-state index contributed by atoms with van der Waals surface area (Å²) in [7, 11) is 1.53. The number of hydrogen-bond acceptors (Lipinski definition) is 3. The molecular weight excluding hydrogens is 355 g/mol. The molecule has 1 heterocycles. The molecule has 130 valence electrons. The van der Waals surface area contributed by atoms with Gasteiger partial charge in [-0.05, 0) is 35.9 Å². The highest BCUT2D eigenvalue weighted by atomic mass is 35.5. The second kappa shape index (κ2) is 6.40. The second-order valence-corrected chi connectivity index (χ2v) is 5.89. The van der Waals surface area contributed by atoms with E-state index < -0.39 is 11.7 Å². The maximum Gasteiger partial charge on any atom is 0.417 e. The molecule has 0 bridgehead atoms. The summed E-state index contributed by atoms with van der Waals surface area (Å²) in [5.41, 5.74) is 1.07. The topological polar surface area (TPSA) is 53.5 Å². The van der Waals surface area contributed by atoms with Gasteiger partial charge in [0.05, 0.1) is 16.3 Å². The van der Waals surface area contributed by atoms with Gasteiger partial charge in [0.25, 0.3) is 5.91 Å². The molecule has 4 nitrogen and oxygen atoms in total. The number of amides is 1. The molecule has 0 unspecified atom stereocenters. The van der Waals surface area contributed by atoms with Gasteiger partial charge in [-0.1, -0.05) is 17.7 Å². The maximum atomic E-state index is 12.9. The minimum absolute atomic E-state index is 0.222. The van der Waals surface area contributed by atoms with Crippen LogP contribution in [0.25, 0.3) is 0 Å². The molecule has 3 rings (SSSR count). The smallest absolute Gasteiger partial charge is 0.355 e. The van der Waals surface area contributed by atoms with Crippen molar-refractivity contribution in [3.63, 3.8) is 0 Å². The molecule has 2 aromatic rings. The number of amidine groups is 1. The van der Waals surface area contributed by atoms with Gasteiger partial charge in [-0.2, -0.15) is 13.2 Å². The van der Waals surface area contributed by atoms with Crippen LogP contribution in [0.15, 0.2) is 41.4 Å². The number of nitrogens with zero attached hydrogens (tertiary/aromatic N) is 1. The van der Waals surface area contributed by atoms with E-state index in [4.69, 9.17) is 11.6 Å². The summed E-state index contributed by atoms with van der Waals surface area (Å²) in [5.74, 6) is 0.251. The van der Waals surface area contributed by atoms with E-state index >= 15 is 0 Å². The molecule has 0 fully saturated rings. The lowest BCUT2D eigenvalue weighted by molar-refractivity contribution is -0.137. The van der Waals surface area contributed by atoms with Crippen LogP contribution in [0.4, 0.5) is 24.5 Å². The number of halogens is 4. The average Bonchev–Trinajstić information content (AvgIpc) is 2.93. The van der Waals surface area contributed by atoms with Crippen LogP contribution in [0.3, 0.4) is 0 Å². The predicted octanol–water partition coefficient (Wildman–Crippen LogP) is 4.42. The van der Waals surface area contributed by atoms with E-state index in [1.54, 1.807) is 24.3 Å². The second-order valence-electron chi connectivity index (χ2n) is 5.48.